The molecule has 0 aliphatic heterocycles. The molecular formula is C62H61N13O11S6. The van der Waals surface area contributed by atoms with Crippen LogP contribution < -0.4 is 31.9 Å². The number of methoxy groups -OCH3 is 1. The van der Waals surface area contributed by atoms with Crippen molar-refractivity contribution in [1.29, 1.82) is 0 Å². The predicted molar refractivity (Wildman–Crippen MR) is 351 cm³/mol. The number of nitrogens with one attached hydrogen (secondary N) is 4. The van der Waals surface area contributed by atoms with E-state index in [1.165, 1.54) is 82.1 Å². The van der Waals surface area contributed by atoms with Crippen LogP contribution in [0.4, 0.5) is 11.5 Å². The van der Waals surface area contributed by atoms with Crippen molar-refractivity contribution in [2.24, 2.45) is 23.5 Å². The van der Waals surface area contributed by atoms with Gasteiger partial charge in [-0.3, -0.25) is 38.5 Å². The van der Waals surface area contributed by atoms with Crippen LogP contribution in [0.3, 0.4) is 0 Å². The number of nitrogens with zero attached hydrogens (tertiary/aromatic N) is 8. The average molecular weight is 1360 g/mol. The minimum Gasteiger partial charge on any atom is -0.481 e. The van der Waals surface area contributed by atoms with Crippen LogP contribution in [-0.4, -0.2) is 113 Å². The average Bonchev–Trinajstić information content (AvgIpc) is 1.56. The van der Waals surface area contributed by atoms with Gasteiger partial charge in [0.05, 0.1) is 64.4 Å². The Hall–Kier alpha value is -8.91. The summed E-state index contributed by atoms with van der Waals surface area (Å²) in [5, 5.41) is 40.6. The normalized spacial score (nSPS) is 14.5. The van der Waals surface area contributed by atoms with Crippen molar-refractivity contribution in [2.75, 3.05) is 25.6 Å². The van der Waals surface area contributed by atoms with Gasteiger partial charge in [0.25, 0.3) is 17.7 Å². The molecule has 1 aliphatic carbocycles. The lowest BCUT2D eigenvalue weighted by molar-refractivity contribution is -0.144. The minimum absolute atomic E-state index is 0.0125. The minimum atomic E-state index is -1.13. The maximum Gasteiger partial charge on any atom is 0.335 e. The fraction of sp³-hybridized carbons (Fsp3) is 0.306. The molecule has 476 valence electrons. The van der Waals surface area contributed by atoms with E-state index >= 15 is 0 Å². The van der Waals surface area contributed by atoms with Crippen molar-refractivity contribution in [3.8, 4) is 43.4 Å². The number of thiazole rings is 6. The van der Waals surface area contributed by atoms with Crippen molar-refractivity contribution in [3.63, 3.8) is 0 Å². The van der Waals surface area contributed by atoms with Gasteiger partial charge in [-0.25, -0.2) is 39.7 Å². The largest absolute Gasteiger partial charge is 0.481 e. The van der Waals surface area contributed by atoms with E-state index in [0.717, 1.165) is 29.2 Å². The van der Waals surface area contributed by atoms with Crippen LogP contribution in [0, 0.1) is 24.7 Å². The van der Waals surface area contributed by atoms with Gasteiger partial charge in [0.2, 0.25) is 17.7 Å². The van der Waals surface area contributed by atoms with Gasteiger partial charge in [-0.2, -0.15) is 0 Å². The Morgan fingerprint density at radius 3 is 2.08 bits per heavy atom. The van der Waals surface area contributed by atoms with E-state index in [2.05, 4.69) is 38.4 Å². The second-order valence-corrected chi connectivity index (χ2v) is 27.5. The number of hydrogen-bond acceptors (Lipinski definition) is 22. The third-order valence-corrected chi connectivity index (χ3v) is 20.7. The summed E-state index contributed by atoms with van der Waals surface area (Å²) in [5.74, 6) is -6.36. The number of pyridine rings is 1. The Bertz CT molecular complexity index is 4210. The SMILES string of the molecule is CNC(=O)C[C@H](NC(=O)c1csc(-c2ccc(-c3nc(N(c4ccc(C(=O)O)cc4)C(=O)[C@H]4CC[C@H](C(=O)O)CC4)cs3)nc2-c2csc(-c3csc(CCc4ccccc4)n3)n2)n1)c1nc(C(=O)NC(c2nc(C(=O)NCC(N)=O)c(COC)s2)C(C)C)c(C)s1. The number of ether oxygens (including phenoxy) is 1. The number of carboxylic acids is 2. The van der Waals surface area contributed by atoms with Gasteiger partial charge in [-0.05, 0) is 86.9 Å². The number of rotatable bonds is 26. The Morgan fingerprint density at radius 1 is 0.685 bits per heavy atom. The molecule has 0 bridgehead atoms. The number of carbonyl (C=O) groups excluding carboxylic acids is 6. The van der Waals surface area contributed by atoms with Crippen LogP contribution in [0.15, 0.2) is 88.3 Å². The highest BCUT2D eigenvalue weighted by molar-refractivity contribution is 7.15. The van der Waals surface area contributed by atoms with Crippen molar-refractivity contribution in [1.82, 2.24) is 56.2 Å². The molecule has 1 aliphatic rings. The number of carbonyl (C=O) groups is 8. The first-order chi connectivity index (χ1) is 44.2. The van der Waals surface area contributed by atoms with E-state index in [0.29, 0.717) is 89.5 Å². The second kappa shape index (κ2) is 29.6. The molecule has 1 saturated carbocycles. The maximum atomic E-state index is 14.5. The predicted octanol–water partition coefficient (Wildman–Crippen LogP) is 9.93. The van der Waals surface area contributed by atoms with Gasteiger partial charge >= 0.3 is 11.9 Å². The Balaban J connectivity index is 0.941. The number of anilines is 2. The van der Waals surface area contributed by atoms with E-state index in [1.807, 2.05) is 42.8 Å². The van der Waals surface area contributed by atoms with Crippen LogP contribution in [0.25, 0.3) is 43.4 Å². The summed E-state index contributed by atoms with van der Waals surface area (Å²) >= 11 is 7.63. The van der Waals surface area contributed by atoms with Crippen molar-refractivity contribution < 1.29 is 53.3 Å². The van der Waals surface area contributed by atoms with Gasteiger partial charge in [0.15, 0.2) is 5.82 Å². The van der Waals surface area contributed by atoms with E-state index in [-0.39, 0.29) is 58.3 Å². The topological polar surface area (TPSA) is 354 Å². The molecule has 24 nitrogen and oxygen atoms in total. The summed E-state index contributed by atoms with van der Waals surface area (Å²) in [6.07, 6.45) is 2.68. The number of aryl methyl sites for hydroxylation is 3. The second-order valence-electron chi connectivity index (χ2n) is 21.7. The number of benzene rings is 2. The lowest BCUT2D eigenvalue weighted by atomic mass is 9.81. The summed E-state index contributed by atoms with van der Waals surface area (Å²) in [6, 6.07) is 17.9. The number of nitrogens with two attached hydrogens (primary N) is 1. The number of aromatic nitrogens is 7. The van der Waals surface area contributed by atoms with E-state index in [4.69, 9.17) is 40.4 Å². The van der Waals surface area contributed by atoms with Crippen LogP contribution >= 0.6 is 68.0 Å². The monoisotopic (exact) mass is 1360 g/mol. The van der Waals surface area contributed by atoms with Gasteiger partial charge < -0.3 is 42.0 Å². The number of carboxylic acid groups (broad SMARTS) is 2. The smallest absolute Gasteiger partial charge is 0.335 e. The Kier molecular flexibility index (Phi) is 21.2. The van der Waals surface area contributed by atoms with Gasteiger partial charge in [0, 0.05) is 58.5 Å². The van der Waals surface area contributed by atoms with Crippen LogP contribution in [0.5, 0.6) is 0 Å². The molecule has 0 spiro atoms. The van der Waals surface area contributed by atoms with Crippen molar-refractivity contribution in [2.45, 2.75) is 84.4 Å². The molecule has 30 heteroatoms. The van der Waals surface area contributed by atoms with Gasteiger partial charge in [0.1, 0.15) is 59.2 Å². The number of aliphatic carboxylic acids is 1. The first-order valence-corrected chi connectivity index (χ1v) is 34.0. The third kappa shape index (κ3) is 15.5. The molecule has 7 heterocycles. The Labute approximate surface area is 550 Å². The zero-order valence-corrected chi connectivity index (χ0v) is 55.0. The fourth-order valence-corrected chi connectivity index (χ4v) is 15.6. The summed E-state index contributed by atoms with van der Waals surface area (Å²) in [6.45, 7) is 5.08. The quantitative estimate of drug-likeness (QED) is 0.0265. The molecule has 0 saturated heterocycles. The number of hydrogen-bond donors (Lipinski definition) is 7. The lowest BCUT2D eigenvalue weighted by Gasteiger charge is -2.30. The highest BCUT2D eigenvalue weighted by atomic mass is 32.1. The highest BCUT2D eigenvalue weighted by Gasteiger charge is 2.36. The number of primary amides is 1. The molecule has 7 aromatic heterocycles. The molecule has 8 N–H and O–H groups in total. The first-order valence-electron chi connectivity index (χ1n) is 28.9. The van der Waals surface area contributed by atoms with Gasteiger partial charge in [-0.15, -0.1) is 68.0 Å². The molecule has 10 rings (SSSR count). The summed E-state index contributed by atoms with van der Waals surface area (Å²) in [7, 11) is 2.93. The molecule has 1 fully saturated rings. The van der Waals surface area contributed by atoms with E-state index in [9.17, 15) is 48.6 Å². The zero-order valence-electron chi connectivity index (χ0n) is 50.1. The zero-order chi connectivity index (χ0) is 65.3. The van der Waals surface area contributed by atoms with Crippen LogP contribution in [-0.2, 0) is 43.4 Å². The molecule has 9 aromatic rings. The molecule has 2 aromatic carbocycles. The fourth-order valence-electron chi connectivity index (χ4n) is 10.1. The van der Waals surface area contributed by atoms with Crippen molar-refractivity contribution >= 4 is 127 Å². The summed E-state index contributed by atoms with van der Waals surface area (Å²) in [5.41, 5.74) is 9.45. The van der Waals surface area contributed by atoms with Crippen LogP contribution in [0.2, 0.25) is 0 Å². The lowest BCUT2D eigenvalue weighted by Crippen LogP contribution is -2.35. The molecular weight excluding hydrogens is 1300 g/mol. The maximum absolute atomic E-state index is 14.5. The molecule has 2 atom stereocenters. The summed E-state index contributed by atoms with van der Waals surface area (Å²) in [4.78, 5) is 141. The summed E-state index contributed by atoms with van der Waals surface area (Å²) < 4.78 is 5.32. The Morgan fingerprint density at radius 2 is 1.38 bits per heavy atom. The third-order valence-electron chi connectivity index (χ3n) is 15.0. The van der Waals surface area contributed by atoms with E-state index in [1.54, 1.807) is 53.3 Å². The molecule has 92 heavy (non-hydrogen) atoms. The van der Waals surface area contributed by atoms with Gasteiger partial charge in [-0.1, -0.05) is 44.2 Å². The standard InChI is InChI=1S/C62H61N13O11S6/c1-30(2)48(59-74-51(43(92-59)25-86-5)53(79)65-24-44(63)76)72-54(80)49-31(3)91-58(73-49)39(23-46(77)64-4)68-52(78)41-27-88-55(70-41)37-20-21-38(67-50(37)40-26-89-57(69-40)42-28-87-47(66-42)22-11-32-9-7-6-8-10-32)56-71-45(29-90-56)75(36-18-16-35(17-19-36)62(84)85)60(81)33-12-14-34(15-13-33)61(82)83/h6-10,16-21,26-30,33-34,39,48H,11-15,22-25H2,1-5H3,(H2,63,76)(H,64,77)(H,65,79)(H,68,78)(H,72,80)(H,82,83)(H,84,85)/t33-,34-,39-,48?/m0/s1. The molecule has 6 amide bonds. The van der Waals surface area contributed by atoms with E-state index < -0.39 is 71.9 Å². The van der Waals surface area contributed by atoms with Crippen molar-refractivity contribution in [3.05, 3.63) is 141 Å². The number of aromatic carboxylic acids is 1. The highest BCUT2D eigenvalue weighted by Crippen LogP contribution is 2.41. The molecule has 0 radical (unpaired) electrons. The first kappa shape index (κ1) is 66.0. The number of amides is 6. The molecule has 1 unspecified atom stereocenters. The van der Waals surface area contributed by atoms with Crippen LogP contribution in [0.1, 0.15) is 130 Å².